The van der Waals surface area contributed by atoms with Crippen LogP contribution in [0.1, 0.15) is 11.6 Å². The predicted molar refractivity (Wildman–Crippen MR) is 122 cm³/mol. The second-order valence-electron chi connectivity index (χ2n) is 7.84. The number of fused-ring (bicyclic) bond motifs is 1. The molecule has 9 heteroatoms. The summed E-state index contributed by atoms with van der Waals surface area (Å²) < 4.78 is 24.2. The Bertz CT molecular complexity index is 1010. The van der Waals surface area contributed by atoms with E-state index in [1.54, 1.807) is 12.1 Å². The van der Waals surface area contributed by atoms with Crippen LogP contribution in [0.3, 0.4) is 0 Å². The monoisotopic (exact) mass is 454 g/mol. The number of amides is 2. The van der Waals surface area contributed by atoms with Crippen molar-refractivity contribution in [3.63, 3.8) is 0 Å². The highest BCUT2D eigenvalue weighted by Gasteiger charge is 2.28. The quantitative estimate of drug-likeness (QED) is 0.491. The summed E-state index contributed by atoms with van der Waals surface area (Å²) >= 11 is 0. The molecule has 2 N–H and O–H groups in total. The molecule has 2 aromatic rings. The Hall–Kier alpha value is -3.59. The molecule has 174 valence electrons. The summed E-state index contributed by atoms with van der Waals surface area (Å²) in [5.74, 6) is -0.287. The number of nitrogens with one attached hydrogen (secondary N) is 2. The third-order valence-corrected chi connectivity index (χ3v) is 5.80. The summed E-state index contributed by atoms with van der Waals surface area (Å²) in [5.41, 5.74) is 1.93. The van der Waals surface area contributed by atoms with E-state index in [9.17, 15) is 14.0 Å². The normalized spacial score (nSPS) is 16.2. The van der Waals surface area contributed by atoms with E-state index in [1.807, 2.05) is 18.2 Å². The van der Waals surface area contributed by atoms with E-state index in [0.29, 0.717) is 11.5 Å². The Morgan fingerprint density at radius 2 is 1.70 bits per heavy atom. The van der Waals surface area contributed by atoms with Crippen molar-refractivity contribution in [2.45, 2.75) is 6.04 Å². The molecule has 2 aliphatic rings. The molecule has 4 rings (SSSR count). The van der Waals surface area contributed by atoms with Crippen molar-refractivity contribution in [2.75, 3.05) is 51.0 Å². The molecule has 2 aromatic carbocycles. The van der Waals surface area contributed by atoms with Crippen LogP contribution in [0.15, 0.2) is 55.1 Å². The number of carbonyl (C=O) groups excluding carboxylic acids is 2. The molecular formula is C24H27FN4O4. The zero-order valence-electron chi connectivity index (χ0n) is 18.3. The Kier molecular flexibility index (Phi) is 7.09. The third kappa shape index (κ3) is 5.43. The van der Waals surface area contributed by atoms with Gasteiger partial charge in [0, 0.05) is 45.0 Å². The number of rotatable bonds is 7. The molecule has 0 spiro atoms. The minimum atomic E-state index is -0.694. The van der Waals surface area contributed by atoms with Gasteiger partial charge in [-0.25, -0.2) is 4.39 Å². The van der Waals surface area contributed by atoms with Crippen molar-refractivity contribution in [1.82, 2.24) is 15.5 Å². The number of carbonyl (C=O) groups is 2. The van der Waals surface area contributed by atoms with E-state index in [0.717, 1.165) is 37.4 Å². The molecule has 2 heterocycles. The number of hydrogen-bond acceptors (Lipinski definition) is 6. The molecule has 8 nitrogen and oxygen atoms in total. The van der Waals surface area contributed by atoms with Gasteiger partial charge in [-0.2, -0.15) is 0 Å². The van der Waals surface area contributed by atoms with Crippen LogP contribution in [0.2, 0.25) is 0 Å². The number of ether oxygens (including phenoxy) is 2. The van der Waals surface area contributed by atoms with E-state index in [1.165, 1.54) is 18.2 Å². The van der Waals surface area contributed by atoms with Gasteiger partial charge in [-0.1, -0.05) is 12.1 Å². The van der Waals surface area contributed by atoms with Crippen LogP contribution < -0.4 is 25.0 Å². The largest absolute Gasteiger partial charge is 0.454 e. The fraction of sp³-hybridized carbons (Fsp3) is 0.333. The van der Waals surface area contributed by atoms with Gasteiger partial charge in [0.1, 0.15) is 5.82 Å². The minimum absolute atomic E-state index is 0.161. The van der Waals surface area contributed by atoms with Gasteiger partial charge in [0.05, 0.1) is 6.04 Å². The highest BCUT2D eigenvalue weighted by molar-refractivity contribution is 6.35. The van der Waals surface area contributed by atoms with Crippen LogP contribution in [0, 0.1) is 5.82 Å². The lowest BCUT2D eigenvalue weighted by Gasteiger charge is -2.40. The molecule has 1 fully saturated rings. The van der Waals surface area contributed by atoms with E-state index in [4.69, 9.17) is 9.47 Å². The molecule has 0 saturated carbocycles. The summed E-state index contributed by atoms with van der Waals surface area (Å²) in [4.78, 5) is 28.7. The molecule has 0 unspecified atom stereocenters. The molecule has 0 aromatic heterocycles. The lowest BCUT2D eigenvalue weighted by atomic mass is 10.0. The van der Waals surface area contributed by atoms with Gasteiger partial charge in [-0.3, -0.25) is 14.5 Å². The van der Waals surface area contributed by atoms with Gasteiger partial charge in [0.2, 0.25) is 6.79 Å². The summed E-state index contributed by atoms with van der Waals surface area (Å²) in [5, 5.41) is 5.23. The SMILES string of the molecule is C=CCNC(=O)C(=O)NC[C@@H](c1ccc2c(c1)OCO2)N1CCN(c2ccc(F)cc2)CC1. The molecule has 0 aliphatic carbocycles. The first-order valence-corrected chi connectivity index (χ1v) is 10.9. The van der Waals surface area contributed by atoms with Gasteiger partial charge in [0.15, 0.2) is 11.5 Å². The molecular weight excluding hydrogens is 427 g/mol. The Labute approximate surface area is 192 Å². The van der Waals surface area contributed by atoms with Gasteiger partial charge >= 0.3 is 11.8 Å². The van der Waals surface area contributed by atoms with Crippen molar-refractivity contribution >= 4 is 17.5 Å². The Balaban J connectivity index is 1.46. The molecule has 1 atom stereocenters. The first-order chi connectivity index (χ1) is 16.0. The molecule has 2 amide bonds. The molecule has 0 radical (unpaired) electrons. The number of piperazine rings is 1. The number of nitrogens with zero attached hydrogens (tertiary/aromatic N) is 2. The number of anilines is 1. The van der Waals surface area contributed by atoms with Crippen molar-refractivity contribution in [3.05, 3.63) is 66.5 Å². The molecule has 0 bridgehead atoms. The average molecular weight is 455 g/mol. The summed E-state index contributed by atoms with van der Waals surface area (Å²) in [6.45, 7) is 7.16. The van der Waals surface area contributed by atoms with Crippen molar-refractivity contribution in [3.8, 4) is 11.5 Å². The maximum absolute atomic E-state index is 13.3. The zero-order valence-corrected chi connectivity index (χ0v) is 18.3. The van der Waals surface area contributed by atoms with E-state index in [2.05, 4.69) is 27.0 Å². The average Bonchev–Trinajstić information content (AvgIpc) is 3.31. The zero-order chi connectivity index (χ0) is 23.2. The van der Waals surface area contributed by atoms with Crippen LogP contribution >= 0.6 is 0 Å². The van der Waals surface area contributed by atoms with Gasteiger partial charge in [-0.05, 0) is 42.0 Å². The second kappa shape index (κ2) is 10.4. The Morgan fingerprint density at radius 1 is 1.00 bits per heavy atom. The minimum Gasteiger partial charge on any atom is -0.454 e. The fourth-order valence-electron chi connectivity index (χ4n) is 4.04. The molecule has 2 aliphatic heterocycles. The van der Waals surface area contributed by atoms with Crippen LogP contribution in [0.25, 0.3) is 0 Å². The topological polar surface area (TPSA) is 83.1 Å². The summed E-state index contributed by atoms with van der Waals surface area (Å²) in [6.07, 6.45) is 1.52. The summed E-state index contributed by atoms with van der Waals surface area (Å²) in [6, 6.07) is 12.1. The van der Waals surface area contributed by atoms with Gasteiger partial charge in [-0.15, -0.1) is 6.58 Å². The van der Waals surface area contributed by atoms with Crippen LogP contribution in [0.5, 0.6) is 11.5 Å². The summed E-state index contributed by atoms with van der Waals surface area (Å²) in [7, 11) is 0. The van der Waals surface area contributed by atoms with E-state index < -0.39 is 11.8 Å². The second-order valence-corrected chi connectivity index (χ2v) is 7.84. The van der Waals surface area contributed by atoms with Crippen molar-refractivity contribution in [1.29, 1.82) is 0 Å². The lowest BCUT2D eigenvalue weighted by Crippen LogP contribution is -2.50. The maximum Gasteiger partial charge on any atom is 0.309 e. The van der Waals surface area contributed by atoms with Gasteiger partial charge in [0.25, 0.3) is 0 Å². The first kappa shape index (κ1) is 22.6. The van der Waals surface area contributed by atoms with Crippen LogP contribution in [0.4, 0.5) is 10.1 Å². The van der Waals surface area contributed by atoms with E-state index in [-0.39, 0.29) is 31.7 Å². The van der Waals surface area contributed by atoms with Gasteiger partial charge < -0.3 is 25.0 Å². The Morgan fingerprint density at radius 3 is 2.42 bits per heavy atom. The van der Waals surface area contributed by atoms with Crippen molar-refractivity contribution in [2.24, 2.45) is 0 Å². The lowest BCUT2D eigenvalue weighted by molar-refractivity contribution is -0.139. The predicted octanol–water partition coefficient (Wildman–Crippen LogP) is 1.84. The highest BCUT2D eigenvalue weighted by atomic mass is 19.1. The maximum atomic E-state index is 13.3. The number of halogens is 1. The molecule has 33 heavy (non-hydrogen) atoms. The highest BCUT2D eigenvalue weighted by Crippen LogP contribution is 2.35. The first-order valence-electron chi connectivity index (χ1n) is 10.9. The smallest absolute Gasteiger partial charge is 0.309 e. The van der Waals surface area contributed by atoms with Crippen molar-refractivity contribution < 1.29 is 23.5 Å². The van der Waals surface area contributed by atoms with Crippen LogP contribution in [-0.2, 0) is 9.59 Å². The molecule has 1 saturated heterocycles. The fourth-order valence-corrected chi connectivity index (χ4v) is 4.04. The number of hydrogen-bond donors (Lipinski definition) is 2. The number of benzene rings is 2. The standard InChI is InChI=1S/C24H27FN4O4/c1-2-9-26-23(30)24(31)27-15-20(17-3-8-21-22(14-17)33-16-32-21)29-12-10-28(11-13-29)19-6-4-18(25)5-7-19/h2-8,14,20H,1,9-13,15-16H2,(H,26,30)(H,27,31)/t20-/m0/s1. The third-order valence-electron chi connectivity index (χ3n) is 5.80. The van der Waals surface area contributed by atoms with E-state index >= 15 is 0 Å². The van der Waals surface area contributed by atoms with Crippen LogP contribution in [-0.4, -0.2) is 62.8 Å².